The van der Waals surface area contributed by atoms with Crippen molar-refractivity contribution in [3.05, 3.63) is 30.1 Å². The number of amides is 3. The van der Waals surface area contributed by atoms with E-state index in [1.165, 1.54) is 0 Å². The first-order chi connectivity index (χ1) is 16.3. The number of benzene rings is 1. The van der Waals surface area contributed by atoms with Crippen LogP contribution in [-0.2, 0) is 24.4 Å². The van der Waals surface area contributed by atoms with Crippen molar-refractivity contribution in [1.29, 1.82) is 0 Å². The zero-order valence-corrected chi connectivity index (χ0v) is 19.7. The van der Waals surface area contributed by atoms with Crippen molar-refractivity contribution in [3.63, 3.8) is 0 Å². The van der Waals surface area contributed by atoms with E-state index in [-0.39, 0.29) is 42.3 Å². The maximum Gasteiger partial charge on any atom is 0.243 e. The first-order valence-electron chi connectivity index (χ1n) is 11.7. The normalized spacial score (nSPS) is 25.0. The number of nitrogens with zero attached hydrogens (tertiary/aromatic N) is 2. The third-order valence-electron chi connectivity index (χ3n) is 6.76. The Kier molecular flexibility index (Phi) is 7.48. The van der Waals surface area contributed by atoms with E-state index in [1.807, 2.05) is 0 Å². The first-order valence-corrected chi connectivity index (χ1v) is 13.2. The molecule has 0 bridgehead atoms. The van der Waals surface area contributed by atoms with Gasteiger partial charge in [0.15, 0.2) is 0 Å². The summed E-state index contributed by atoms with van der Waals surface area (Å²) in [6.07, 6.45) is 2.64. The number of sulfonamides is 1. The molecule has 0 aromatic heterocycles. The SMILES string of the molecule is O=C1NCCC[C@@H]1NC(=O)[C@H]1CN(C(=O)C2CC[NH2+]CC2)CCN1S(=O)(=O)c1ccc(F)cc1. The van der Waals surface area contributed by atoms with E-state index in [0.29, 0.717) is 19.4 Å². The van der Waals surface area contributed by atoms with E-state index in [9.17, 15) is 27.2 Å². The van der Waals surface area contributed by atoms with Crippen LogP contribution in [0.25, 0.3) is 0 Å². The fraction of sp³-hybridized carbons (Fsp3) is 0.591. The Hall–Kier alpha value is -2.57. The van der Waals surface area contributed by atoms with Crippen LogP contribution in [0.15, 0.2) is 29.2 Å². The smallest absolute Gasteiger partial charge is 0.243 e. The van der Waals surface area contributed by atoms with Crippen LogP contribution in [-0.4, -0.2) is 86.7 Å². The van der Waals surface area contributed by atoms with Gasteiger partial charge in [-0.1, -0.05) is 0 Å². The minimum atomic E-state index is -4.14. The molecule has 3 aliphatic heterocycles. The molecule has 3 fully saturated rings. The Balaban J connectivity index is 1.58. The second-order valence-corrected chi connectivity index (χ2v) is 10.9. The predicted molar refractivity (Wildman–Crippen MR) is 119 cm³/mol. The molecule has 2 atom stereocenters. The van der Waals surface area contributed by atoms with Gasteiger partial charge >= 0.3 is 0 Å². The Morgan fingerprint density at radius 3 is 2.47 bits per heavy atom. The lowest BCUT2D eigenvalue weighted by molar-refractivity contribution is -0.664. The van der Waals surface area contributed by atoms with Gasteiger partial charge in [-0.2, -0.15) is 4.31 Å². The standard InChI is InChI=1S/C22H30FN5O5S/c23-16-3-5-17(6-4-16)34(32,33)28-13-12-27(22(31)15-7-10-24-11-8-15)14-19(28)21(30)26-18-2-1-9-25-20(18)29/h3-6,15,18-19,24H,1-2,7-14H2,(H,25,29)(H,26,30)/p+1/t18-,19+/m0/s1. The molecule has 3 saturated heterocycles. The van der Waals surface area contributed by atoms with E-state index < -0.39 is 33.8 Å². The van der Waals surface area contributed by atoms with Crippen LogP contribution in [0, 0.1) is 11.7 Å². The van der Waals surface area contributed by atoms with E-state index in [4.69, 9.17) is 0 Å². The van der Waals surface area contributed by atoms with Crippen molar-refractivity contribution in [1.82, 2.24) is 19.8 Å². The van der Waals surface area contributed by atoms with Crippen LogP contribution in [0.5, 0.6) is 0 Å². The number of nitrogens with one attached hydrogen (secondary N) is 2. The quantitative estimate of drug-likeness (QED) is 0.452. The van der Waals surface area contributed by atoms with E-state index in [2.05, 4.69) is 16.0 Å². The van der Waals surface area contributed by atoms with Gasteiger partial charge in [-0.05, 0) is 37.1 Å². The highest BCUT2D eigenvalue weighted by Crippen LogP contribution is 2.24. The molecule has 1 aromatic rings. The number of quaternary nitrogens is 1. The maximum atomic E-state index is 13.4. The fourth-order valence-corrected chi connectivity index (χ4v) is 6.39. The first kappa shape index (κ1) is 24.6. The van der Waals surface area contributed by atoms with Gasteiger partial charge in [0.2, 0.25) is 27.7 Å². The van der Waals surface area contributed by atoms with Crippen molar-refractivity contribution >= 4 is 27.7 Å². The predicted octanol–water partition coefficient (Wildman–Crippen LogP) is -1.60. The van der Waals surface area contributed by atoms with Gasteiger partial charge in [-0.3, -0.25) is 14.4 Å². The van der Waals surface area contributed by atoms with E-state index in [1.54, 1.807) is 4.90 Å². The highest BCUT2D eigenvalue weighted by Gasteiger charge is 2.43. The number of rotatable bonds is 5. The Morgan fingerprint density at radius 2 is 1.79 bits per heavy atom. The third-order valence-corrected chi connectivity index (χ3v) is 8.68. The van der Waals surface area contributed by atoms with Crippen LogP contribution >= 0.6 is 0 Å². The van der Waals surface area contributed by atoms with Gasteiger partial charge < -0.3 is 20.9 Å². The van der Waals surface area contributed by atoms with E-state index >= 15 is 0 Å². The molecule has 3 aliphatic rings. The number of carbonyl (C=O) groups is 3. The van der Waals surface area contributed by atoms with Gasteiger partial charge in [-0.15, -0.1) is 0 Å². The molecule has 0 unspecified atom stereocenters. The van der Waals surface area contributed by atoms with Gasteiger partial charge in [0, 0.05) is 44.9 Å². The van der Waals surface area contributed by atoms with Crippen LogP contribution in [0.3, 0.4) is 0 Å². The molecular formula is C22H31FN5O5S+. The summed E-state index contributed by atoms with van der Waals surface area (Å²) in [6, 6.07) is 2.46. The summed E-state index contributed by atoms with van der Waals surface area (Å²) in [4.78, 5) is 40.0. The summed E-state index contributed by atoms with van der Waals surface area (Å²) < 4.78 is 41.2. The summed E-state index contributed by atoms with van der Waals surface area (Å²) in [5.41, 5.74) is 0. The number of hydrogen-bond donors (Lipinski definition) is 3. The number of halogens is 1. The largest absolute Gasteiger partial charge is 0.354 e. The molecule has 12 heteroatoms. The Labute approximate surface area is 198 Å². The molecule has 0 spiro atoms. The zero-order chi connectivity index (χ0) is 24.3. The van der Waals surface area contributed by atoms with Gasteiger partial charge in [0.05, 0.1) is 18.0 Å². The third kappa shape index (κ3) is 5.23. The molecule has 186 valence electrons. The number of piperazine rings is 1. The summed E-state index contributed by atoms with van der Waals surface area (Å²) >= 11 is 0. The summed E-state index contributed by atoms with van der Waals surface area (Å²) in [7, 11) is -4.14. The molecule has 1 aromatic carbocycles. The van der Waals surface area contributed by atoms with Crippen molar-refractivity contribution in [3.8, 4) is 0 Å². The lowest BCUT2D eigenvalue weighted by atomic mass is 9.96. The van der Waals surface area contributed by atoms with Crippen molar-refractivity contribution in [2.24, 2.45) is 5.92 Å². The second-order valence-electron chi connectivity index (χ2n) is 9.00. The van der Waals surface area contributed by atoms with Crippen molar-refractivity contribution < 1.29 is 32.5 Å². The van der Waals surface area contributed by atoms with Crippen molar-refractivity contribution in [2.75, 3.05) is 39.3 Å². The molecule has 3 heterocycles. The molecular weight excluding hydrogens is 465 g/mol. The van der Waals surface area contributed by atoms with Gasteiger partial charge in [-0.25, -0.2) is 12.8 Å². The molecule has 4 N–H and O–H groups in total. The average Bonchev–Trinajstić information content (AvgIpc) is 2.85. The number of nitrogens with two attached hydrogens (primary N) is 1. The monoisotopic (exact) mass is 496 g/mol. The van der Waals surface area contributed by atoms with Crippen LogP contribution in [0.1, 0.15) is 25.7 Å². The molecule has 10 nitrogen and oxygen atoms in total. The van der Waals surface area contributed by atoms with Gasteiger partial charge in [0.1, 0.15) is 17.9 Å². The molecule has 4 rings (SSSR count). The Bertz CT molecular complexity index is 1030. The molecule has 34 heavy (non-hydrogen) atoms. The van der Waals surface area contributed by atoms with Crippen molar-refractivity contribution in [2.45, 2.75) is 42.7 Å². The summed E-state index contributed by atoms with van der Waals surface area (Å²) in [5.74, 6) is -1.72. The second kappa shape index (κ2) is 10.4. The average molecular weight is 497 g/mol. The lowest BCUT2D eigenvalue weighted by Gasteiger charge is -2.41. The molecule has 0 radical (unpaired) electrons. The molecule has 0 aliphatic carbocycles. The Morgan fingerprint density at radius 1 is 1.09 bits per heavy atom. The molecule has 0 saturated carbocycles. The topological polar surface area (TPSA) is 132 Å². The number of piperidine rings is 2. The lowest BCUT2D eigenvalue weighted by Crippen LogP contribution is -2.86. The van der Waals surface area contributed by atoms with Crippen LogP contribution in [0.2, 0.25) is 0 Å². The van der Waals surface area contributed by atoms with Gasteiger partial charge in [0.25, 0.3) is 0 Å². The van der Waals surface area contributed by atoms with Crippen LogP contribution < -0.4 is 16.0 Å². The summed E-state index contributed by atoms with van der Waals surface area (Å²) in [5, 5.41) is 7.53. The number of carbonyl (C=O) groups excluding carboxylic acids is 3. The highest BCUT2D eigenvalue weighted by molar-refractivity contribution is 7.89. The zero-order valence-electron chi connectivity index (χ0n) is 18.9. The maximum absolute atomic E-state index is 13.4. The molecule has 3 amide bonds. The minimum Gasteiger partial charge on any atom is -0.354 e. The fourth-order valence-electron chi connectivity index (χ4n) is 4.82. The minimum absolute atomic E-state index is 0.0693. The van der Waals surface area contributed by atoms with E-state index in [0.717, 1.165) is 54.5 Å². The van der Waals surface area contributed by atoms with Crippen LogP contribution in [0.4, 0.5) is 4.39 Å². The number of hydrogen-bond acceptors (Lipinski definition) is 5. The summed E-state index contributed by atoms with van der Waals surface area (Å²) in [6.45, 7) is 2.24. The highest BCUT2D eigenvalue weighted by atomic mass is 32.2.